The molecule has 0 saturated heterocycles. The Bertz CT molecular complexity index is 332. The molecule has 1 fully saturated rings. The van der Waals surface area contributed by atoms with Gasteiger partial charge in [0.2, 0.25) is 0 Å². The molecule has 0 bridgehead atoms. The summed E-state index contributed by atoms with van der Waals surface area (Å²) in [5.41, 5.74) is 6.00. The van der Waals surface area contributed by atoms with Crippen LogP contribution in [0.25, 0.3) is 0 Å². The molecule has 0 aliphatic heterocycles. The van der Waals surface area contributed by atoms with Crippen molar-refractivity contribution >= 4 is 0 Å². The molecule has 90 valence electrons. The van der Waals surface area contributed by atoms with Gasteiger partial charge in [-0.2, -0.15) is 0 Å². The molecule has 4 heteroatoms. The minimum Gasteiger partial charge on any atom is -0.443 e. The van der Waals surface area contributed by atoms with Gasteiger partial charge in [-0.05, 0) is 12.3 Å². The number of aliphatic hydroxyl groups excluding tert-OH is 1. The van der Waals surface area contributed by atoms with E-state index in [1.54, 1.807) is 13.1 Å². The predicted octanol–water partition coefficient (Wildman–Crippen LogP) is 1.92. The highest BCUT2D eigenvalue weighted by molar-refractivity contribution is 5.00. The molecular weight excluding hydrogens is 204 g/mol. The van der Waals surface area contributed by atoms with Crippen molar-refractivity contribution in [3.8, 4) is 0 Å². The van der Waals surface area contributed by atoms with Gasteiger partial charge in [0.15, 0.2) is 11.7 Å². The lowest BCUT2D eigenvalue weighted by atomic mass is 9.95. The zero-order valence-electron chi connectivity index (χ0n) is 9.72. The molecule has 0 radical (unpaired) electrons. The summed E-state index contributed by atoms with van der Waals surface area (Å²) < 4.78 is 5.29. The Kier molecular flexibility index (Phi) is 3.61. The minimum absolute atomic E-state index is 0.240. The molecule has 4 nitrogen and oxygen atoms in total. The standard InChI is InChI=1S/C12H20N2O2/c1-8-14-7-11(16-8)12(15)10(13)6-9-4-2-3-5-9/h7,9-10,12,15H,2-6,13H2,1H3. The van der Waals surface area contributed by atoms with Crippen molar-refractivity contribution in [1.82, 2.24) is 4.98 Å². The van der Waals surface area contributed by atoms with Gasteiger partial charge in [-0.1, -0.05) is 25.7 Å². The number of aromatic nitrogens is 1. The molecule has 1 heterocycles. The van der Waals surface area contributed by atoms with Gasteiger partial charge in [-0.25, -0.2) is 4.98 Å². The van der Waals surface area contributed by atoms with E-state index in [1.165, 1.54) is 25.7 Å². The summed E-state index contributed by atoms with van der Waals surface area (Å²) in [6.45, 7) is 1.76. The highest BCUT2D eigenvalue weighted by Crippen LogP contribution is 2.31. The number of aliphatic hydroxyl groups is 1. The van der Waals surface area contributed by atoms with Crippen LogP contribution in [0.1, 0.15) is 49.9 Å². The third-order valence-corrected chi connectivity index (χ3v) is 3.42. The van der Waals surface area contributed by atoms with E-state index in [2.05, 4.69) is 4.98 Å². The van der Waals surface area contributed by atoms with Crippen molar-refractivity contribution in [1.29, 1.82) is 0 Å². The smallest absolute Gasteiger partial charge is 0.191 e. The van der Waals surface area contributed by atoms with Gasteiger partial charge in [-0.15, -0.1) is 0 Å². The zero-order valence-corrected chi connectivity index (χ0v) is 9.72. The largest absolute Gasteiger partial charge is 0.443 e. The van der Waals surface area contributed by atoms with Crippen molar-refractivity contribution in [3.63, 3.8) is 0 Å². The third kappa shape index (κ3) is 2.62. The summed E-state index contributed by atoms with van der Waals surface area (Å²) >= 11 is 0. The van der Waals surface area contributed by atoms with E-state index in [0.717, 1.165) is 6.42 Å². The van der Waals surface area contributed by atoms with Crippen LogP contribution in [-0.4, -0.2) is 16.1 Å². The third-order valence-electron chi connectivity index (χ3n) is 3.42. The summed E-state index contributed by atoms with van der Waals surface area (Å²) in [5.74, 6) is 1.73. The average Bonchev–Trinajstić information content (AvgIpc) is 2.88. The van der Waals surface area contributed by atoms with Crippen LogP contribution in [0.15, 0.2) is 10.6 Å². The highest BCUT2D eigenvalue weighted by Gasteiger charge is 2.25. The Morgan fingerprint density at radius 1 is 1.56 bits per heavy atom. The monoisotopic (exact) mass is 224 g/mol. The van der Waals surface area contributed by atoms with Crippen molar-refractivity contribution in [2.24, 2.45) is 11.7 Å². The van der Waals surface area contributed by atoms with Crippen LogP contribution in [0.3, 0.4) is 0 Å². The minimum atomic E-state index is -0.721. The Hall–Kier alpha value is -0.870. The van der Waals surface area contributed by atoms with Crippen molar-refractivity contribution < 1.29 is 9.52 Å². The number of oxazole rings is 1. The van der Waals surface area contributed by atoms with Crippen molar-refractivity contribution in [2.75, 3.05) is 0 Å². The summed E-state index contributed by atoms with van der Waals surface area (Å²) in [5, 5.41) is 10.0. The number of aryl methyl sites for hydroxylation is 1. The normalized spacial score (nSPS) is 21.2. The van der Waals surface area contributed by atoms with Crippen LogP contribution in [0, 0.1) is 12.8 Å². The van der Waals surface area contributed by atoms with Crippen LogP contribution in [0.2, 0.25) is 0 Å². The molecule has 2 atom stereocenters. The Balaban J connectivity index is 1.90. The maximum atomic E-state index is 10.0. The van der Waals surface area contributed by atoms with Gasteiger partial charge in [0.05, 0.1) is 6.20 Å². The molecule has 1 saturated carbocycles. The Morgan fingerprint density at radius 2 is 2.25 bits per heavy atom. The van der Waals surface area contributed by atoms with E-state index in [0.29, 0.717) is 17.6 Å². The second-order valence-electron chi connectivity index (χ2n) is 4.78. The van der Waals surface area contributed by atoms with Crippen LogP contribution in [0.4, 0.5) is 0 Å². The van der Waals surface area contributed by atoms with Crippen LogP contribution < -0.4 is 5.73 Å². The van der Waals surface area contributed by atoms with E-state index < -0.39 is 6.10 Å². The molecule has 1 aliphatic carbocycles. The Labute approximate surface area is 95.9 Å². The first-order valence-corrected chi connectivity index (χ1v) is 6.03. The number of hydrogen-bond acceptors (Lipinski definition) is 4. The molecule has 16 heavy (non-hydrogen) atoms. The van der Waals surface area contributed by atoms with Crippen molar-refractivity contribution in [2.45, 2.75) is 51.2 Å². The molecule has 2 unspecified atom stereocenters. The lowest BCUT2D eigenvalue weighted by Crippen LogP contribution is -2.30. The van der Waals surface area contributed by atoms with E-state index in [9.17, 15) is 5.11 Å². The molecule has 1 aromatic heterocycles. The van der Waals surface area contributed by atoms with Gasteiger partial charge >= 0.3 is 0 Å². The van der Waals surface area contributed by atoms with Crippen LogP contribution >= 0.6 is 0 Å². The van der Waals surface area contributed by atoms with Gasteiger partial charge < -0.3 is 15.3 Å². The Morgan fingerprint density at radius 3 is 2.81 bits per heavy atom. The summed E-state index contributed by atoms with van der Waals surface area (Å²) in [6.07, 6.45) is 6.81. The fourth-order valence-electron chi connectivity index (χ4n) is 2.49. The average molecular weight is 224 g/mol. The number of rotatable bonds is 4. The second kappa shape index (κ2) is 4.97. The van der Waals surface area contributed by atoms with Gasteiger partial charge in [0.1, 0.15) is 6.10 Å². The van der Waals surface area contributed by atoms with E-state index in [-0.39, 0.29) is 6.04 Å². The lowest BCUT2D eigenvalue weighted by Gasteiger charge is -2.19. The quantitative estimate of drug-likeness (QED) is 0.819. The number of nitrogens with zero attached hydrogens (tertiary/aromatic N) is 1. The topological polar surface area (TPSA) is 72.3 Å². The van der Waals surface area contributed by atoms with E-state index in [1.807, 2.05) is 0 Å². The van der Waals surface area contributed by atoms with E-state index >= 15 is 0 Å². The number of nitrogens with two attached hydrogens (primary N) is 1. The van der Waals surface area contributed by atoms with E-state index in [4.69, 9.17) is 10.2 Å². The van der Waals surface area contributed by atoms with Crippen molar-refractivity contribution in [3.05, 3.63) is 17.8 Å². The van der Waals surface area contributed by atoms with Crippen LogP contribution in [-0.2, 0) is 0 Å². The SMILES string of the molecule is Cc1ncc(C(O)C(N)CC2CCCC2)o1. The molecule has 0 spiro atoms. The molecule has 0 amide bonds. The molecule has 2 rings (SSSR count). The molecule has 0 aromatic carbocycles. The van der Waals surface area contributed by atoms with Crippen LogP contribution in [0.5, 0.6) is 0 Å². The predicted molar refractivity (Wildman–Crippen MR) is 60.8 cm³/mol. The van der Waals surface area contributed by atoms with Gasteiger partial charge in [-0.3, -0.25) is 0 Å². The molecular formula is C12H20N2O2. The molecule has 1 aliphatic rings. The summed E-state index contributed by atoms with van der Waals surface area (Å²) in [4.78, 5) is 3.97. The van der Waals surface area contributed by atoms with Gasteiger partial charge in [0.25, 0.3) is 0 Å². The number of hydrogen-bond donors (Lipinski definition) is 2. The summed E-state index contributed by atoms with van der Waals surface area (Å²) in [7, 11) is 0. The fourth-order valence-corrected chi connectivity index (χ4v) is 2.49. The maximum Gasteiger partial charge on any atom is 0.191 e. The first-order chi connectivity index (χ1) is 7.66. The zero-order chi connectivity index (χ0) is 11.5. The first-order valence-electron chi connectivity index (χ1n) is 6.03. The fraction of sp³-hybridized carbons (Fsp3) is 0.750. The molecule has 1 aromatic rings. The first kappa shape index (κ1) is 11.6. The van der Waals surface area contributed by atoms with Gasteiger partial charge in [0, 0.05) is 13.0 Å². The lowest BCUT2D eigenvalue weighted by molar-refractivity contribution is 0.109. The highest BCUT2D eigenvalue weighted by atomic mass is 16.4. The second-order valence-corrected chi connectivity index (χ2v) is 4.78. The maximum absolute atomic E-state index is 10.0. The molecule has 3 N–H and O–H groups in total. The summed E-state index contributed by atoms with van der Waals surface area (Å²) in [6, 6.07) is -0.240.